The highest BCUT2D eigenvalue weighted by Crippen LogP contribution is 2.38. The van der Waals surface area contributed by atoms with Crippen molar-refractivity contribution >= 4 is 23.1 Å². The number of alkyl halides is 3. The van der Waals surface area contributed by atoms with E-state index in [-0.39, 0.29) is 17.9 Å². The molecule has 0 saturated carbocycles. The Labute approximate surface area is 136 Å². The van der Waals surface area contributed by atoms with Gasteiger partial charge < -0.3 is 9.64 Å². The predicted molar refractivity (Wildman–Crippen MR) is 82.3 cm³/mol. The van der Waals surface area contributed by atoms with Crippen LogP contribution in [0.15, 0.2) is 30.5 Å². The highest BCUT2D eigenvalue weighted by Gasteiger charge is 2.36. The maximum Gasteiger partial charge on any atom is 0.421 e. The van der Waals surface area contributed by atoms with E-state index in [9.17, 15) is 13.2 Å². The molecule has 0 aliphatic carbocycles. The summed E-state index contributed by atoms with van der Waals surface area (Å²) in [6.45, 7) is 3.47. The molecule has 0 aliphatic rings. The molecule has 8 heteroatoms. The van der Waals surface area contributed by atoms with Crippen LogP contribution in [0, 0.1) is 0 Å². The third-order valence-electron chi connectivity index (χ3n) is 2.91. The number of ether oxygens (including phenoxy) is 1. The van der Waals surface area contributed by atoms with Gasteiger partial charge in [-0.15, -0.1) is 0 Å². The van der Waals surface area contributed by atoms with Crippen molar-refractivity contribution in [2.24, 2.45) is 0 Å². The third kappa shape index (κ3) is 4.25. The number of halogens is 4. The molecule has 0 aliphatic heterocycles. The summed E-state index contributed by atoms with van der Waals surface area (Å²) >= 11 is 5.90. The third-order valence-corrected chi connectivity index (χ3v) is 3.14. The molecular formula is C15H15ClF3N3O. The molecule has 2 aromatic rings. The highest BCUT2D eigenvalue weighted by atomic mass is 35.5. The van der Waals surface area contributed by atoms with Crippen molar-refractivity contribution < 1.29 is 17.9 Å². The summed E-state index contributed by atoms with van der Waals surface area (Å²) in [5.41, 5.74) is -0.478. The van der Waals surface area contributed by atoms with Crippen LogP contribution in [0.5, 0.6) is 6.01 Å². The van der Waals surface area contributed by atoms with E-state index < -0.39 is 11.7 Å². The van der Waals surface area contributed by atoms with Crippen LogP contribution in [0.25, 0.3) is 0 Å². The minimum absolute atomic E-state index is 0.114. The highest BCUT2D eigenvalue weighted by molar-refractivity contribution is 6.30. The van der Waals surface area contributed by atoms with Crippen molar-refractivity contribution in [1.29, 1.82) is 0 Å². The van der Waals surface area contributed by atoms with Gasteiger partial charge in [0.2, 0.25) is 0 Å². The van der Waals surface area contributed by atoms with E-state index >= 15 is 0 Å². The van der Waals surface area contributed by atoms with Gasteiger partial charge in [0.15, 0.2) is 5.82 Å². The SMILES string of the molecule is CC(C)Oc1ncc(C(F)(F)F)c(N(C)c2cccc(Cl)c2)n1. The molecule has 2 rings (SSSR count). The quantitative estimate of drug-likeness (QED) is 0.804. The second-order valence-electron chi connectivity index (χ2n) is 5.09. The summed E-state index contributed by atoms with van der Waals surface area (Å²) < 4.78 is 45.0. The Balaban J connectivity index is 2.52. The average Bonchev–Trinajstić information content (AvgIpc) is 2.44. The van der Waals surface area contributed by atoms with Gasteiger partial charge in [0.25, 0.3) is 0 Å². The zero-order chi connectivity index (χ0) is 17.2. The molecule has 0 N–H and O–H groups in total. The van der Waals surface area contributed by atoms with E-state index in [1.165, 1.54) is 11.9 Å². The Bertz CT molecular complexity index is 692. The number of hydrogen-bond donors (Lipinski definition) is 0. The first-order chi connectivity index (χ1) is 10.7. The van der Waals surface area contributed by atoms with E-state index in [1.807, 2.05) is 0 Å². The number of anilines is 2. The molecule has 0 unspecified atom stereocenters. The first kappa shape index (κ1) is 17.3. The molecule has 0 atom stereocenters. The minimum Gasteiger partial charge on any atom is -0.461 e. The summed E-state index contributed by atoms with van der Waals surface area (Å²) in [6.07, 6.45) is -4.12. The Morgan fingerprint density at radius 3 is 2.52 bits per heavy atom. The fourth-order valence-electron chi connectivity index (χ4n) is 1.89. The van der Waals surface area contributed by atoms with Crippen molar-refractivity contribution in [2.45, 2.75) is 26.1 Å². The van der Waals surface area contributed by atoms with Crippen molar-refractivity contribution in [1.82, 2.24) is 9.97 Å². The van der Waals surface area contributed by atoms with Crippen LogP contribution in [-0.2, 0) is 6.18 Å². The molecule has 1 heterocycles. The monoisotopic (exact) mass is 345 g/mol. The predicted octanol–water partition coefficient (Wildman–Crippen LogP) is 4.70. The fourth-order valence-corrected chi connectivity index (χ4v) is 2.07. The van der Waals surface area contributed by atoms with Gasteiger partial charge in [0, 0.05) is 24.0 Å². The van der Waals surface area contributed by atoms with Gasteiger partial charge in [-0.05, 0) is 32.0 Å². The molecular weight excluding hydrogens is 331 g/mol. The lowest BCUT2D eigenvalue weighted by Crippen LogP contribution is -2.20. The lowest BCUT2D eigenvalue weighted by atomic mass is 10.2. The first-order valence-electron chi connectivity index (χ1n) is 6.78. The van der Waals surface area contributed by atoms with Crippen LogP contribution < -0.4 is 9.64 Å². The normalized spacial score (nSPS) is 11.7. The minimum atomic E-state index is -4.58. The molecule has 124 valence electrons. The van der Waals surface area contributed by atoms with Crippen LogP contribution in [0.1, 0.15) is 19.4 Å². The van der Waals surface area contributed by atoms with E-state index in [1.54, 1.807) is 38.1 Å². The van der Waals surface area contributed by atoms with Gasteiger partial charge in [-0.3, -0.25) is 0 Å². The molecule has 23 heavy (non-hydrogen) atoms. The molecule has 0 fully saturated rings. The maximum atomic E-state index is 13.2. The number of nitrogens with zero attached hydrogens (tertiary/aromatic N) is 3. The lowest BCUT2D eigenvalue weighted by Gasteiger charge is -2.23. The number of benzene rings is 1. The molecule has 0 radical (unpaired) electrons. The number of rotatable bonds is 4. The second-order valence-corrected chi connectivity index (χ2v) is 5.53. The summed E-state index contributed by atoms with van der Waals surface area (Å²) in [5, 5.41) is 0.413. The zero-order valence-corrected chi connectivity index (χ0v) is 13.5. The molecule has 0 spiro atoms. The van der Waals surface area contributed by atoms with Crippen molar-refractivity contribution in [2.75, 3.05) is 11.9 Å². The molecule has 1 aromatic heterocycles. The maximum absolute atomic E-state index is 13.2. The van der Waals surface area contributed by atoms with Crippen LogP contribution in [0.4, 0.5) is 24.7 Å². The van der Waals surface area contributed by atoms with Crippen LogP contribution in [0.2, 0.25) is 5.02 Å². The average molecular weight is 346 g/mol. The zero-order valence-electron chi connectivity index (χ0n) is 12.7. The molecule has 0 amide bonds. The second kappa shape index (κ2) is 6.62. The Hall–Kier alpha value is -2.02. The summed E-state index contributed by atoms with van der Waals surface area (Å²) in [5.74, 6) is -0.301. The first-order valence-corrected chi connectivity index (χ1v) is 7.16. The topological polar surface area (TPSA) is 38.2 Å². The molecule has 1 aromatic carbocycles. The standard InChI is InChI=1S/C15H15ClF3N3O/c1-9(2)23-14-20-8-12(15(17,18)19)13(21-14)22(3)11-6-4-5-10(16)7-11/h4-9H,1-3H3. The van der Waals surface area contributed by atoms with Gasteiger partial charge in [-0.25, -0.2) is 4.98 Å². The van der Waals surface area contributed by atoms with Crippen LogP contribution in [-0.4, -0.2) is 23.1 Å². The van der Waals surface area contributed by atoms with Crippen LogP contribution in [0.3, 0.4) is 0 Å². The van der Waals surface area contributed by atoms with Crippen molar-refractivity contribution in [3.63, 3.8) is 0 Å². The smallest absolute Gasteiger partial charge is 0.421 e. The molecule has 0 bridgehead atoms. The Morgan fingerprint density at radius 1 is 1.26 bits per heavy atom. The fraction of sp³-hybridized carbons (Fsp3) is 0.333. The summed E-state index contributed by atoms with van der Waals surface area (Å²) in [4.78, 5) is 8.84. The van der Waals surface area contributed by atoms with Gasteiger partial charge in [0.05, 0.1) is 6.10 Å². The number of hydrogen-bond acceptors (Lipinski definition) is 4. The summed E-state index contributed by atoms with van der Waals surface area (Å²) in [7, 11) is 1.47. The van der Waals surface area contributed by atoms with Gasteiger partial charge >= 0.3 is 12.2 Å². The van der Waals surface area contributed by atoms with Gasteiger partial charge in [0.1, 0.15) is 5.56 Å². The van der Waals surface area contributed by atoms with Crippen LogP contribution >= 0.6 is 11.6 Å². The van der Waals surface area contributed by atoms with E-state index in [0.29, 0.717) is 10.7 Å². The summed E-state index contributed by atoms with van der Waals surface area (Å²) in [6, 6.07) is 6.35. The van der Waals surface area contributed by atoms with Crippen molar-refractivity contribution in [3.8, 4) is 6.01 Å². The number of aromatic nitrogens is 2. The van der Waals surface area contributed by atoms with Gasteiger partial charge in [-0.1, -0.05) is 17.7 Å². The molecule has 4 nitrogen and oxygen atoms in total. The molecule has 0 saturated heterocycles. The Kier molecular flexibility index (Phi) is 4.99. The van der Waals surface area contributed by atoms with Gasteiger partial charge in [-0.2, -0.15) is 18.2 Å². The van der Waals surface area contributed by atoms with E-state index in [4.69, 9.17) is 16.3 Å². The lowest BCUT2D eigenvalue weighted by molar-refractivity contribution is -0.137. The van der Waals surface area contributed by atoms with E-state index in [2.05, 4.69) is 9.97 Å². The van der Waals surface area contributed by atoms with Crippen molar-refractivity contribution in [3.05, 3.63) is 41.0 Å². The largest absolute Gasteiger partial charge is 0.461 e. The Morgan fingerprint density at radius 2 is 1.96 bits per heavy atom. The van der Waals surface area contributed by atoms with E-state index in [0.717, 1.165) is 6.20 Å².